The fourth-order valence-corrected chi connectivity index (χ4v) is 18.5. The summed E-state index contributed by atoms with van der Waals surface area (Å²) in [6, 6.07) is 42.6. The van der Waals surface area contributed by atoms with Crippen LogP contribution >= 0.6 is 12.2 Å². The summed E-state index contributed by atoms with van der Waals surface area (Å²) in [5, 5.41) is 4.99. The van der Waals surface area contributed by atoms with Crippen LogP contribution in [0.15, 0.2) is 121 Å². The van der Waals surface area contributed by atoms with Crippen molar-refractivity contribution in [2.24, 2.45) is 0 Å². The zero-order valence-corrected chi connectivity index (χ0v) is 20.9. The molecule has 0 saturated carbocycles. The molecular formula is C24H20NP2Se2+. The summed E-state index contributed by atoms with van der Waals surface area (Å²) in [6.07, 6.45) is -4.22. The van der Waals surface area contributed by atoms with Crippen LogP contribution in [0.4, 0.5) is 0 Å². The van der Waals surface area contributed by atoms with Gasteiger partial charge in [-0.2, -0.15) is 0 Å². The van der Waals surface area contributed by atoms with Crippen LogP contribution in [0.5, 0.6) is 0 Å². The first-order valence-electron chi connectivity index (χ1n) is 9.30. The molecule has 0 heterocycles. The van der Waals surface area contributed by atoms with Crippen LogP contribution in [0.25, 0.3) is 4.86 Å². The molecule has 0 atom stereocenters. The number of benzene rings is 4. The zero-order valence-electron chi connectivity index (χ0n) is 15.7. The second-order valence-electron chi connectivity index (χ2n) is 6.58. The van der Waals surface area contributed by atoms with Crippen molar-refractivity contribution in [2.75, 3.05) is 0 Å². The summed E-state index contributed by atoms with van der Waals surface area (Å²) in [7, 11) is 0. The number of hydrogen-bond acceptors (Lipinski definition) is 0. The predicted octanol–water partition coefficient (Wildman–Crippen LogP) is 4.69. The molecule has 0 amide bonds. The van der Waals surface area contributed by atoms with Crippen molar-refractivity contribution in [2.45, 2.75) is 0 Å². The van der Waals surface area contributed by atoms with E-state index in [4.69, 9.17) is 4.86 Å². The van der Waals surface area contributed by atoms with Gasteiger partial charge in [0, 0.05) is 0 Å². The van der Waals surface area contributed by atoms with Gasteiger partial charge >= 0.3 is 191 Å². The van der Waals surface area contributed by atoms with E-state index >= 15 is 0 Å². The van der Waals surface area contributed by atoms with Crippen LogP contribution in [0.2, 0.25) is 0 Å². The van der Waals surface area contributed by atoms with Gasteiger partial charge in [-0.15, -0.1) is 0 Å². The third kappa shape index (κ3) is 4.44. The van der Waals surface area contributed by atoms with Gasteiger partial charge in [0.25, 0.3) is 0 Å². The Bertz CT molecular complexity index is 879. The molecular weight excluding hydrogens is 522 g/mol. The molecule has 5 heteroatoms. The van der Waals surface area contributed by atoms with Crippen molar-refractivity contribution in [3.05, 3.63) is 126 Å². The predicted molar refractivity (Wildman–Crippen MR) is 133 cm³/mol. The van der Waals surface area contributed by atoms with E-state index in [-0.39, 0.29) is 0 Å². The van der Waals surface area contributed by atoms with Crippen molar-refractivity contribution in [3.8, 4) is 0 Å². The van der Waals surface area contributed by atoms with Gasteiger partial charge in [-0.25, -0.2) is 0 Å². The fraction of sp³-hybridized carbons (Fsp3) is 0. The molecule has 0 N–H and O–H groups in total. The summed E-state index contributed by atoms with van der Waals surface area (Å²) in [5.41, 5.74) is 0. The van der Waals surface area contributed by atoms with E-state index in [1.807, 2.05) is 0 Å². The van der Waals surface area contributed by atoms with Gasteiger partial charge in [0.05, 0.1) is 0 Å². The van der Waals surface area contributed by atoms with Crippen LogP contribution in [0.1, 0.15) is 0 Å². The van der Waals surface area contributed by atoms with E-state index in [9.17, 15) is 0 Å². The Balaban J connectivity index is 1.91. The van der Waals surface area contributed by atoms with E-state index in [2.05, 4.69) is 152 Å². The monoisotopic (exact) mass is 544 g/mol. The van der Waals surface area contributed by atoms with Crippen LogP contribution in [-0.4, -0.2) is 31.1 Å². The average Bonchev–Trinajstić information content (AvgIpc) is 2.81. The van der Waals surface area contributed by atoms with E-state index in [0.29, 0.717) is 0 Å². The first-order chi connectivity index (χ1) is 14.1. The van der Waals surface area contributed by atoms with Crippen molar-refractivity contribution in [3.63, 3.8) is 0 Å². The van der Waals surface area contributed by atoms with Crippen molar-refractivity contribution < 1.29 is 0 Å². The van der Waals surface area contributed by atoms with Crippen molar-refractivity contribution >= 4 is 64.6 Å². The third-order valence-electron chi connectivity index (χ3n) is 4.68. The van der Waals surface area contributed by atoms with Gasteiger partial charge < -0.3 is 0 Å². The van der Waals surface area contributed by atoms with E-state index in [0.717, 1.165) is 0 Å². The van der Waals surface area contributed by atoms with Crippen LogP contribution < -0.4 is 21.2 Å². The Morgan fingerprint density at radius 3 is 0.793 bits per heavy atom. The number of hydrogen-bond donors (Lipinski definition) is 0. The molecule has 29 heavy (non-hydrogen) atoms. The molecule has 0 fully saturated rings. The summed E-state index contributed by atoms with van der Waals surface area (Å²) in [6.45, 7) is 0. The Morgan fingerprint density at radius 2 is 0.586 bits per heavy atom. The molecule has 0 aliphatic heterocycles. The maximum absolute atomic E-state index is 5.73. The standard InChI is InChI=1S/C24H20NP2Se2/c28-26(21-13-5-1-6-14-21,22-15-7-2-8-16-22)25-27(29,23-17-9-3-10-18-23)24-19-11-4-12-20-24/h1-20H/q+1. The molecule has 0 aromatic heterocycles. The molecule has 0 aliphatic rings. The van der Waals surface area contributed by atoms with Gasteiger partial charge in [-0.3, -0.25) is 0 Å². The van der Waals surface area contributed by atoms with Gasteiger partial charge in [0.1, 0.15) is 0 Å². The molecule has 0 spiro atoms. The summed E-state index contributed by atoms with van der Waals surface area (Å²) >= 11 is 7.14. The molecule has 0 unspecified atom stereocenters. The maximum atomic E-state index is 5.73. The minimum atomic E-state index is -2.11. The van der Waals surface area contributed by atoms with Crippen molar-refractivity contribution in [1.82, 2.24) is 0 Å². The minimum absolute atomic E-state index is 1.25. The normalized spacial score (nSPS) is 11.9. The van der Waals surface area contributed by atoms with Gasteiger partial charge in [0.2, 0.25) is 0 Å². The first kappa shape index (κ1) is 21.0. The van der Waals surface area contributed by atoms with Crippen LogP contribution in [0.3, 0.4) is 0 Å². The molecule has 4 rings (SSSR count). The second kappa shape index (κ2) is 9.26. The number of nitrogens with zero attached hydrogens (tertiary/aromatic N) is 1. The summed E-state index contributed by atoms with van der Waals surface area (Å²) in [5.74, 6) is 0. The quantitative estimate of drug-likeness (QED) is 0.248. The second-order valence-corrected chi connectivity index (χ2v) is 18.3. The van der Waals surface area contributed by atoms with E-state index in [1.165, 1.54) is 21.2 Å². The third-order valence-corrected chi connectivity index (χ3v) is 18.8. The molecule has 142 valence electrons. The Morgan fingerprint density at radius 1 is 0.379 bits per heavy atom. The fourth-order valence-electron chi connectivity index (χ4n) is 3.20. The zero-order chi connectivity index (χ0) is 20.2. The Labute approximate surface area is 190 Å². The van der Waals surface area contributed by atoms with Crippen molar-refractivity contribution in [1.29, 1.82) is 0 Å². The van der Waals surface area contributed by atoms with E-state index in [1.54, 1.807) is 0 Å². The van der Waals surface area contributed by atoms with Gasteiger partial charge in [0.15, 0.2) is 0 Å². The molecule has 4 aromatic rings. The molecule has 4 aromatic carbocycles. The van der Waals surface area contributed by atoms with Crippen LogP contribution in [0, 0.1) is 0 Å². The summed E-state index contributed by atoms with van der Waals surface area (Å²) in [4.78, 5) is 5.73. The Kier molecular flexibility index (Phi) is 6.70. The van der Waals surface area contributed by atoms with Gasteiger partial charge in [-0.1, -0.05) is 0 Å². The van der Waals surface area contributed by atoms with Gasteiger partial charge in [-0.05, 0) is 0 Å². The summed E-state index contributed by atoms with van der Waals surface area (Å²) < 4.78 is 0. The number of rotatable bonds is 6. The average molecular weight is 542 g/mol. The molecule has 0 saturated heterocycles. The SMILES string of the molecule is [Se][P+]([N-][P+]([Se])(c1ccccc1)c1ccccc1)(c1ccccc1)c1ccccc1. The topological polar surface area (TPSA) is 14.1 Å². The Hall–Kier alpha value is -1.26. The molecule has 1 nitrogen and oxygen atoms in total. The van der Waals surface area contributed by atoms with E-state index < -0.39 is 12.2 Å². The molecule has 2 radical (unpaired) electrons. The first-order valence-corrected chi connectivity index (χ1v) is 17.2. The van der Waals surface area contributed by atoms with Crippen LogP contribution in [-0.2, 0) is 0 Å². The molecule has 0 aliphatic carbocycles. The molecule has 0 bridgehead atoms.